The monoisotopic (exact) mass is 424 g/mol. The van der Waals surface area contributed by atoms with Crippen LogP contribution in [0.2, 0.25) is 5.02 Å². The summed E-state index contributed by atoms with van der Waals surface area (Å²) in [5.74, 6) is 1.24. The molecule has 30 heavy (non-hydrogen) atoms. The van der Waals surface area contributed by atoms with Gasteiger partial charge in [-0.2, -0.15) is 0 Å². The third-order valence-electron chi connectivity index (χ3n) is 4.67. The molecule has 0 heterocycles. The third kappa shape index (κ3) is 5.91. The summed E-state index contributed by atoms with van der Waals surface area (Å²) < 4.78 is 10.5. The molecule has 3 aromatic carbocycles. The fourth-order valence-corrected chi connectivity index (χ4v) is 3.29. The maximum Gasteiger partial charge on any atom is 0.224 e. The molecule has 0 unspecified atom stereocenters. The molecule has 1 amide bonds. The summed E-state index contributed by atoms with van der Waals surface area (Å²) >= 11 is 6.37. The molecular weight excluding hydrogens is 400 g/mol. The molecule has 0 bridgehead atoms. The molecule has 5 nitrogen and oxygen atoms in total. The Morgan fingerprint density at radius 1 is 0.900 bits per heavy atom. The highest BCUT2D eigenvalue weighted by Gasteiger charge is 2.09. The maximum absolute atomic E-state index is 12.3. The zero-order valence-corrected chi connectivity index (χ0v) is 17.8. The molecule has 0 saturated carbocycles. The number of carbonyl (C=O) groups excluding carboxylic acids is 1. The maximum atomic E-state index is 12.3. The normalized spacial score (nSPS) is 10.4. The molecule has 156 valence electrons. The number of benzene rings is 3. The van der Waals surface area contributed by atoms with Gasteiger partial charge in [-0.05, 0) is 47.9 Å². The first-order valence-corrected chi connectivity index (χ1v) is 10.0. The van der Waals surface area contributed by atoms with Crippen LogP contribution in [0.15, 0.2) is 66.7 Å². The van der Waals surface area contributed by atoms with Crippen molar-refractivity contribution in [3.05, 3.63) is 82.9 Å². The Kier molecular flexibility index (Phi) is 7.57. The number of hydrogen-bond acceptors (Lipinski definition) is 4. The Bertz CT molecular complexity index is 993. The number of anilines is 2. The first-order chi connectivity index (χ1) is 14.6. The van der Waals surface area contributed by atoms with E-state index in [4.69, 9.17) is 21.1 Å². The SMILES string of the molecule is COc1ccc(CCC(=O)Nc2ccc(NCc3ccccc3)c(Cl)c2)cc1OC. The molecule has 0 aliphatic rings. The second-order valence-corrected chi connectivity index (χ2v) is 7.18. The van der Waals surface area contributed by atoms with Crippen molar-refractivity contribution >= 4 is 28.9 Å². The van der Waals surface area contributed by atoms with Crippen LogP contribution in [0.3, 0.4) is 0 Å². The summed E-state index contributed by atoms with van der Waals surface area (Å²) in [7, 11) is 3.19. The second-order valence-electron chi connectivity index (χ2n) is 6.77. The van der Waals surface area contributed by atoms with Crippen molar-refractivity contribution in [3.8, 4) is 11.5 Å². The standard InChI is InChI=1S/C24H25ClN2O3/c1-29-22-12-8-17(14-23(22)30-2)9-13-24(28)27-19-10-11-21(20(25)15-19)26-16-18-6-4-3-5-7-18/h3-8,10-12,14-15,26H,9,13,16H2,1-2H3,(H,27,28). The predicted octanol–water partition coefficient (Wildman–Crippen LogP) is 5.54. The van der Waals surface area contributed by atoms with Gasteiger partial charge < -0.3 is 20.1 Å². The Balaban J connectivity index is 1.53. The lowest BCUT2D eigenvalue weighted by Gasteiger charge is -2.12. The number of nitrogens with one attached hydrogen (secondary N) is 2. The molecule has 2 N–H and O–H groups in total. The fraction of sp³-hybridized carbons (Fsp3) is 0.208. The summed E-state index contributed by atoms with van der Waals surface area (Å²) in [6.45, 7) is 0.678. The van der Waals surface area contributed by atoms with Crippen LogP contribution in [0, 0.1) is 0 Å². The van der Waals surface area contributed by atoms with Crippen LogP contribution < -0.4 is 20.1 Å². The number of amides is 1. The van der Waals surface area contributed by atoms with E-state index in [-0.39, 0.29) is 5.91 Å². The van der Waals surface area contributed by atoms with Gasteiger partial charge in [-0.15, -0.1) is 0 Å². The lowest BCUT2D eigenvalue weighted by molar-refractivity contribution is -0.116. The summed E-state index contributed by atoms with van der Waals surface area (Å²) in [5.41, 5.74) is 3.66. The molecule has 0 saturated heterocycles. The Hall–Kier alpha value is -3.18. The first kappa shape index (κ1) is 21.5. The van der Waals surface area contributed by atoms with E-state index in [1.807, 2.05) is 60.7 Å². The van der Waals surface area contributed by atoms with Crippen LogP contribution in [0.5, 0.6) is 11.5 Å². The highest BCUT2D eigenvalue weighted by molar-refractivity contribution is 6.33. The number of carbonyl (C=O) groups is 1. The van der Waals surface area contributed by atoms with E-state index in [2.05, 4.69) is 10.6 Å². The van der Waals surface area contributed by atoms with Crippen molar-refractivity contribution in [1.29, 1.82) is 0 Å². The number of halogens is 1. The highest BCUT2D eigenvalue weighted by Crippen LogP contribution is 2.28. The molecule has 0 spiro atoms. The largest absolute Gasteiger partial charge is 0.493 e. The minimum absolute atomic E-state index is 0.0779. The summed E-state index contributed by atoms with van der Waals surface area (Å²) in [6, 6.07) is 21.2. The number of methoxy groups -OCH3 is 2. The molecule has 0 atom stereocenters. The van der Waals surface area contributed by atoms with Crippen molar-refractivity contribution < 1.29 is 14.3 Å². The average molecular weight is 425 g/mol. The van der Waals surface area contributed by atoms with E-state index in [0.29, 0.717) is 41.6 Å². The van der Waals surface area contributed by atoms with Gasteiger partial charge in [-0.1, -0.05) is 48.0 Å². The lowest BCUT2D eigenvalue weighted by Crippen LogP contribution is -2.12. The molecule has 0 aliphatic carbocycles. The van der Waals surface area contributed by atoms with E-state index in [1.54, 1.807) is 20.3 Å². The van der Waals surface area contributed by atoms with Crippen molar-refractivity contribution in [1.82, 2.24) is 0 Å². The van der Waals surface area contributed by atoms with Gasteiger partial charge in [0.25, 0.3) is 0 Å². The van der Waals surface area contributed by atoms with E-state index >= 15 is 0 Å². The molecule has 0 radical (unpaired) electrons. The van der Waals surface area contributed by atoms with Gasteiger partial charge in [0.15, 0.2) is 11.5 Å². The summed E-state index contributed by atoms with van der Waals surface area (Å²) in [4.78, 5) is 12.3. The van der Waals surface area contributed by atoms with Crippen LogP contribution in [0.4, 0.5) is 11.4 Å². The molecular formula is C24H25ClN2O3. The van der Waals surface area contributed by atoms with E-state index in [9.17, 15) is 4.79 Å². The zero-order valence-electron chi connectivity index (χ0n) is 17.1. The van der Waals surface area contributed by atoms with Gasteiger partial charge in [0.2, 0.25) is 5.91 Å². The van der Waals surface area contributed by atoms with Crippen LogP contribution in [0.25, 0.3) is 0 Å². The van der Waals surface area contributed by atoms with Crippen LogP contribution in [-0.2, 0) is 17.8 Å². The van der Waals surface area contributed by atoms with Crippen molar-refractivity contribution in [3.63, 3.8) is 0 Å². The summed E-state index contributed by atoms with van der Waals surface area (Å²) in [5, 5.41) is 6.77. The van der Waals surface area contributed by atoms with Crippen LogP contribution in [-0.4, -0.2) is 20.1 Å². The quantitative estimate of drug-likeness (QED) is 0.473. The van der Waals surface area contributed by atoms with Crippen molar-refractivity contribution in [2.45, 2.75) is 19.4 Å². The highest BCUT2D eigenvalue weighted by atomic mass is 35.5. The van der Waals surface area contributed by atoms with Gasteiger partial charge in [0, 0.05) is 18.7 Å². The van der Waals surface area contributed by atoms with E-state index in [1.165, 1.54) is 5.56 Å². The molecule has 0 aliphatic heterocycles. The van der Waals surface area contributed by atoms with Gasteiger partial charge >= 0.3 is 0 Å². The van der Waals surface area contributed by atoms with Gasteiger partial charge in [0.1, 0.15) is 0 Å². The molecule has 6 heteroatoms. The van der Waals surface area contributed by atoms with Crippen LogP contribution >= 0.6 is 11.6 Å². The zero-order chi connectivity index (χ0) is 21.3. The Morgan fingerprint density at radius 3 is 2.37 bits per heavy atom. The Labute approximate surface area is 182 Å². The molecule has 3 rings (SSSR count). The number of hydrogen-bond donors (Lipinski definition) is 2. The van der Waals surface area contributed by atoms with Crippen molar-refractivity contribution in [2.75, 3.05) is 24.9 Å². The average Bonchev–Trinajstić information content (AvgIpc) is 2.77. The van der Waals surface area contributed by atoms with E-state index < -0.39 is 0 Å². The molecule has 0 aromatic heterocycles. The topological polar surface area (TPSA) is 59.6 Å². The first-order valence-electron chi connectivity index (χ1n) is 9.67. The second kappa shape index (κ2) is 10.6. The summed E-state index contributed by atoms with van der Waals surface area (Å²) in [6.07, 6.45) is 0.942. The van der Waals surface area contributed by atoms with Gasteiger partial charge in [-0.25, -0.2) is 0 Å². The molecule has 0 fully saturated rings. The smallest absolute Gasteiger partial charge is 0.224 e. The third-order valence-corrected chi connectivity index (χ3v) is 4.98. The minimum Gasteiger partial charge on any atom is -0.493 e. The number of aryl methyl sites for hydroxylation is 1. The Morgan fingerprint density at radius 2 is 1.67 bits per heavy atom. The van der Waals surface area contributed by atoms with Gasteiger partial charge in [-0.3, -0.25) is 4.79 Å². The lowest BCUT2D eigenvalue weighted by atomic mass is 10.1. The van der Waals surface area contributed by atoms with Gasteiger partial charge in [0.05, 0.1) is 24.9 Å². The number of ether oxygens (including phenoxy) is 2. The molecule has 3 aromatic rings. The fourth-order valence-electron chi connectivity index (χ4n) is 3.05. The van der Waals surface area contributed by atoms with Crippen molar-refractivity contribution in [2.24, 2.45) is 0 Å². The minimum atomic E-state index is -0.0779. The number of rotatable bonds is 9. The van der Waals surface area contributed by atoms with E-state index in [0.717, 1.165) is 11.3 Å². The van der Waals surface area contributed by atoms with Crippen LogP contribution in [0.1, 0.15) is 17.5 Å². The predicted molar refractivity (Wildman–Crippen MR) is 122 cm³/mol.